The number of halogens is 2. The number of rotatable bonds is 3. The fourth-order valence-electron chi connectivity index (χ4n) is 2.24. The third-order valence-electron chi connectivity index (χ3n) is 3.18. The highest BCUT2D eigenvalue weighted by atomic mass is 35.5. The Bertz CT molecular complexity index is 703. The monoisotopic (exact) mass is 290 g/mol. The standard InChI is InChI=1S/C15H12ClFN2O/c16-10-5-3-6-11(17)14(10)15(19-18)13-8-9-4-1-2-7-12(9)20-13/h1-8,15,19H,18H2. The van der Waals surface area contributed by atoms with Gasteiger partial charge in [-0.25, -0.2) is 9.82 Å². The topological polar surface area (TPSA) is 51.2 Å². The van der Waals surface area contributed by atoms with Crippen molar-refractivity contribution < 1.29 is 8.81 Å². The first-order valence-electron chi connectivity index (χ1n) is 6.09. The van der Waals surface area contributed by atoms with E-state index >= 15 is 0 Å². The molecule has 0 aliphatic carbocycles. The molecule has 1 heterocycles. The van der Waals surface area contributed by atoms with Gasteiger partial charge in [-0.2, -0.15) is 0 Å². The van der Waals surface area contributed by atoms with E-state index in [2.05, 4.69) is 5.43 Å². The largest absolute Gasteiger partial charge is 0.459 e. The van der Waals surface area contributed by atoms with E-state index in [1.807, 2.05) is 30.3 Å². The maximum atomic E-state index is 14.0. The highest BCUT2D eigenvalue weighted by Crippen LogP contribution is 2.33. The average Bonchev–Trinajstić information content (AvgIpc) is 2.86. The number of benzene rings is 2. The number of hydrogen-bond donors (Lipinski definition) is 2. The number of furan rings is 1. The number of nitrogens with one attached hydrogen (secondary N) is 1. The van der Waals surface area contributed by atoms with E-state index in [-0.39, 0.29) is 5.56 Å². The molecule has 0 amide bonds. The predicted molar refractivity (Wildman–Crippen MR) is 76.8 cm³/mol. The molecule has 0 spiro atoms. The van der Waals surface area contributed by atoms with Gasteiger partial charge < -0.3 is 4.42 Å². The zero-order valence-electron chi connectivity index (χ0n) is 10.4. The molecule has 1 aromatic heterocycles. The van der Waals surface area contributed by atoms with Gasteiger partial charge in [-0.05, 0) is 24.3 Å². The van der Waals surface area contributed by atoms with Crippen molar-refractivity contribution in [3.63, 3.8) is 0 Å². The fraction of sp³-hybridized carbons (Fsp3) is 0.0667. The molecule has 1 unspecified atom stereocenters. The molecule has 3 rings (SSSR count). The second-order valence-corrected chi connectivity index (χ2v) is 4.83. The Morgan fingerprint density at radius 3 is 2.65 bits per heavy atom. The van der Waals surface area contributed by atoms with Crippen LogP contribution in [0.2, 0.25) is 5.02 Å². The van der Waals surface area contributed by atoms with Crippen LogP contribution in [0.15, 0.2) is 52.9 Å². The summed E-state index contributed by atoms with van der Waals surface area (Å²) in [6, 6.07) is 13.2. The average molecular weight is 291 g/mol. The number of hydrogen-bond acceptors (Lipinski definition) is 3. The molecule has 0 saturated heterocycles. The Kier molecular flexibility index (Phi) is 3.44. The first kappa shape index (κ1) is 13.1. The van der Waals surface area contributed by atoms with Crippen LogP contribution in [-0.4, -0.2) is 0 Å². The molecule has 2 aromatic carbocycles. The van der Waals surface area contributed by atoms with Gasteiger partial charge in [0, 0.05) is 16.0 Å². The lowest BCUT2D eigenvalue weighted by atomic mass is 10.0. The molecule has 1 atom stereocenters. The Morgan fingerprint density at radius 1 is 1.15 bits per heavy atom. The van der Waals surface area contributed by atoms with Crippen LogP contribution < -0.4 is 11.3 Å². The molecule has 0 aliphatic heterocycles. The quantitative estimate of drug-likeness (QED) is 0.570. The van der Waals surface area contributed by atoms with E-state index in [4.69, 9.17) is 21.9 Å². The van der Waals surface area contributed by atoms with Crippen LogP contribution in [-0.2, 0) is 0 Å². The van der Waals surface area contributed by atoms with Crippen molar-refractivity contribution in [3.8, 4) is 0 Å². The van der Waals surface area contributed by atoms with E-state index in [0.717, 1.165) is 11.0 Å². The molecule has 0 bridgehead atoms. The van der Waals surface area contributed by atoms with Gasteiger partial charge in [-0.1, -0.05) is 35.9 Å². The molecule has 3 aromatic rings. The summed E-state index contributed by atoms with van der Waals surface area (Å²) < 4.78 is 19.7. The zero-order valence-corrected chi connectivity index (χ0v) is 11.2. The minimum Gasteiger partial charge on any atom is -0.459 e. The maximum Gasteiger partial charge on any atom is 0.134 e. The molecule has 3 N–H and O–H groups in total. The molecule has 0 fully saturated rings. The number of fused-ring (bicyclic) bond motifs is 1. The lowest BCUT2D eigenvalue weighted by Crippen LogP contribution is -2.29. The molecular weight excluding hydrogens is 279 g/mol. The number of nitrogens with two attached hydrogens (primary N) is 1. The second kappa shape index (κ2) is 5.25. The van der Waals surface area contributed by atoms with Crippen molar-refractivity contribution in [3.05, 3.63) is 70.7 Å². The van der Waals surface area contributed by atoms with Gasteiger partial charge in [0.25, 0.3) is 0 Å². The van der Waals surface area contributed by atoms with E-state index in [1.54, 1.807) is 12.1 Å². The van der Waals surface area contributed by atoms with E-state index < -0.39 is 11.9 Å². The summed E-state index contributed by atoms with van der Waals surface area (Å²) in [5.41, 5.74) is 3.55. The highest BCUT2D eigenvalue weighted by Gasteiger charge is 2.23. The molecular formula is C15H12ClFN2O. The van der Waals surface area contributed by atoms with Crippen molar-refractivity contribution in [2.45, 2.75) is 6.04 Å². The summed E-state index contributed by atoms with van der Waals surface area (Å²) in [5.74, 6) is 5.65. The van der Waals surface area contributed by atoms with Gasteiger partial charge >= 0.3 is 0 Å². The zero-order chi connectivity index (χ0) is 14.1. The molecule has 0 radical (unpaired) electrons. The van der Waals surface area contributed by atoms with Gasteiger partial charge in [0.05, 0.1) is 0 Å². The minimum atomic E-state index is -0.643. The van der Waals surface area contributed by atoms with Gasteiger partial charge in [-0.3, -0.25) is 5.84 Å². The maximum absolute atomic E-state index is 14.0. The van der Waals surface area contributed by atoms with Gasteiger partial charge in [0.2, 0.25) is 0 Å². The Balaban J connectivity index is 2.14. The van der Waals surface area contributed by atoms with Crippen LogP contribution in [0.25, 0.3) is 11.0 Å². The van der Waals surface area contributed by atoms with Crippen molar-refractivity contribution in [1.82, 2.24) is 5.43 Å². The van der Waals surface area contributed by atoms with E-state index in [9.17, 15) is 4.39 Å². The van der Waals surface area contributed by atoms with Gasteiger partial charge in [0.15, 0.2) is 0 Å². The van der Waals surface area contributed by atoms with Gasteiger partial charge in [-0.15, -0.1) is 0 Å². The molecule has 0 aliphatic rings. The minimum absolute atomic E-state index is 0.274. The van der Waals surface area contributed by atoms with Crippen LogP contribution in [0.1, 0.15) is 17.4 Å². The first-order valence-corrected chi connectivity index (χ1v) is 6.47. The van der Waals surface area contributed by atoms with Crippen LogP contribution in [0.3, 0.4) is 0 Å². The second-order valence-electron chi connectivity index (χ2n) is 4.42. The van der Waals surface area contributed by atoms with Crippen LogP contribution in [0.4, 0.5) is 4.39 Å². The smallest absolute Gasteiger partial charge is 0.134 e. The first-order chi connectivity index (χ1) is 9.70. The number of hydrazine groups is 1. The van der Waals surface area contributed by atoms with E-state index in [0.29, 0.717) is 10.8 Å². The fourth-order valence-corrected chi connectivity index (χ4v) is 2.51. The summed E-state index contributed by atoms with van der Waals surface area (Å²) in [7, 11) is 0. The van der Waals surface area contributed by atoms with Crippen LogP contribution in [0, 0.1) is 5.82 Å². The summed E-state index contributed by atoms with van der Waals surface area (Å²) >= 11 is 6.07. The molecule has 20 heavy (non-hydrogen) atoms. The summed E-state index contributed by atoms with van der Waals surface area (Å²) in [5, 5.41) is 1.23. The summed E-state index contributed by atoms with van der Waals surface area (Å²) in [4.78, 5) is 0. The Hall–Kier alpha value is -1.88. The SMILES string of the molecule is NNC(c1cc2ccccc2o1)c1c(F)cccc1Cl. The Morgan fingerprint density at radius 2 is 1.95 bits per heavy atom. The van der Waals surface area contributed by atoms with E-state index in [1.165, 1.54) is 6.07 Å². The third kappa shape index (κ3) is 2.18. The van der Waals surface area contributed by atoms with Gasteiger partial charge in [0.1, 0.15) is 23.2 Å². The lowest BCUT2D eigenvalue weighted by Gasteiger charge is -2.16. The lowest BCUT2D eigenvalue weighted by molar-refractivity contribution is 0.463. The summed E-state index contributed by atoms with van der Waals surface area (Å²) in [6.45, 7) is 0. The van der Waals surface area contributed by atoms with Crippen molar-refractivity contribution in [2.75, 3.05) is 0 Å². The third-order valence-corrected chi connectivity index (χ3v) is 3.51. The van der Waals surface area contributed by atoms with Crippen molar-refractivity contribution in [1.29, 1.82) is 0 Å². The highest BCUT2D eigenvalue weighted by molar-refractivity contribution is 6.31. The van der Waals surface area contributed by atoms with Crippen LogP contribution >= 0.6 is 11.6 Å². The van der Waals surface area contributed by atoms with Crippen LogP contribution in [0.5, 0.6) is 0 Å². The molecule has 0 saturated carbocycles. The Labute approximate surface area is 120 Å². The van der Waals surface area contributed by atoms with Crippen molar-refractivity contribution in [2.24, 2.45) is 5.84 Å². The number of para-hydroxylation sites is 1. The molecule has 5 heteroatoms. The normalized spacial score (nSPS) is 12.8. The summed E-state index contributed by atoms with van der Waals surface area (Å²) in [6.07, 6.45) is 0. The molecule has 3 nitrogen and oxygen atoms in total. The molecule has 102 valence electrons. The predicted octanol–water partition coefficient (Wildman–Crippen LogP) is 3.78. The van der Waals surface area contributed by atoms with Crippen molar-refractivity contribution >= 4 is 22.6 Å².